The standard InChI is InChI=1S/C19H19ClN4O2S/c1-10-15(21)8-9-16(22-10)18-17(11(2)24-27-18)23-19(25)26-12(3)13-6-4-5-7-14(13)20/h4-9,12H,21H2,1-3H3,(H,23,25)/t12-/m1/s1. The minimum absolute atomic E-state index is 0.494. The van der Waals surface area contributed by atoms with Gasteiger partial charge in [0.1, 0.15) is 6.10 Å². The first-order chi connectivity index (χ1) is 12.9. The summed E-state index contributed by atoms with van der Waals surface area (Å²) in [6.07, 6.45) is -1.08. The van der Waals surface area contributed by atoms with Crippen LogP contribution in [0.3, 0.4) is 0 Å². The van der Waals surface area contributed by atoms with E-state index in [4.69, 9.17) is 22.1 Å². The van der Waals surface area contributed by atoms with Gasteiger partial charge in [-0.15, -0.1) is 0 Å². The second-order valence-corrected chi connectivity index (χ2v) is 7.22. The van der Waals surface area contributed by atoms with Gasteiger partial charge in [-0.1, -0.05) is 29.8 Å². The van der Waals surface area contributed by atoms with E-state index in [1.165, 1.54) is 11.5 Å². The zero-order valence-corrected chi connectivity index (χ0v) is 16.7. The van der Waals surface area contributed by atoms with Crippen LogP contribution in [-0.2, 0) is 4.74 Å². The Morgan fingerprint density at radius 3 is 2.67 bits per heavy atom. The SMILES string of the molecule is Cc1nc(-c2snc(C)c2NC(=O)O[C@H](C)c2ccccc2Cl)ccc1N. The quantitative estimate of drug-likeness (QED) is 0.612. The normalized spacial score (nSPS) is 11.9. The van der Waals surface area contributed by atoms with Gasteiger partial charge >= 0.3 is 6.09 Å². The van der Waals surface area contributed by atoms with E-state index < -0.39 is 12.2 Å². The van der Waals surface area contributed by atoms with Gasteiger partial charge in [0.15, 0.2) is 0 Å². The van der Waals surface area contributed by atoms with Crippen molar-refractivity contribution in [3.63, 3.8) is 0 Å². The molecule has 3 aromatic rings. The van der Waals surface area contributed by atoms with E-state index in [1.54, 1.807) is 25.1 Å². The average Bonchev–Trinajstić information content (AvgIpc) is 2.98. The number of halogens is 1. The molecule has 27 heavy (non-hydrogen) atoms. The average molecular weight is 403 g/mol. The number of aryl methyl sites for hydroxylation is 2. The van der Waals surface area contributed by atoms with Crippen molar-refractivity contribution in [3.05, 3.63) is 58.4 Å². The molecule has 8 heteroatoms. The van der Waals surface area contributed by atoms with Gasteiger partial charge in [-0.3, -0.25) is 5.32 Å². The molecular formula is C19H19ClN4O2S. The number of amides is 1. The molecule has 0 aliphatic rings. The molecular weight excluding hydrogens is 384 g/mol. The summed E-state index contributed by atoms with van der Waals surface area (Å²) in [6.45, 7) is 5.42. The molecule has 1 aromatic carbocycles. The number of ether oxygens (including phenoxy) is 1. The summed E-state index contributed by atoms with van der Waals surface area (Å²) in [7, 11) is 0. The van der Waals surface area contributed by atoms with Crippen molar-refractivity contribution in [3.8, 4) is 10.6 Å². The van der Waals surface area contributed by atoms with E-state index in [0.717, 1.165) is 16.1 Å². The molecule has 0 bridgehead atoms. The minimum atomic E-state index is -0.584. The molecule has 0 unspecified atom stereocenters. The summed E-state index contributed by atoms with van der Waals surface area (Å²) < 4.78 is 9.81. The number of nitrogens with one attached hydrogen (secondary N) is 1. The van der Waals surface area contributed by atoms with Gasteiger partial charge in [-0.2, -0.15) is 4.37 Å². The van der Waals surface area contributed by atoms with Gasteiger partial charge in [0, 0.05) is 10.6 Å². The van der Waals surface area contributed by atoms with Crippen molar-refractivity contribution in [1.82, 2.24) is 9.36 Å². The molecule has 3 N–H and O–H groups in total. The third-order valence-electron chi connectivity index (χ3n) is 4.08. The lowest BCUT2D eigenvalue weighted by Crippen LogP contribution is -2.17. The number of hydrogen-bond acceptors (Lipinski definition) is 6. The molecule has 0 spiro atoms. The summed E-state index contributed by atoms with van der Waals surface area (Å²) >= 11 is 7.42. The van der Waals surface area contributed by atoms with Gasteiger partial charge in [-0.25, -0.2) is 9.78 Å². The maximum Gasteiger partial charge on any atom is 0.412 e. The highest BCUT2D eigenvalue weighted by Gasteiger charge is 2.20. The van der Waals surface area contributed by atoms with Crippen LogP contribution in [0.4, 0.5) is 16.2 Å². The first-order valence-electron chi connectivity index (χ1n) is 8.28. The molecule has 0 saturated carbocycles. The molecule has 0 fully saturated rings. The van der Waals surface area contributed by atoms with E-state index in [0.29, 0.717) is 27.8 Å². The van der Waals surface area contributed by atoms with Crippen molar-refractivity contribution < 1.29 is 9.53 Å². The van der Waals surface area contributed by atoms with E-state index in [9.17, 15) is 4.79 Å². The third-order valence-corrected chi connectivity index (χ3v) is 5.38. The minimum Gasteiger partial charge on any atom is -0.441 e. The lowest BCUT2D eigenvalue weighted by molar-refractivity contribution is 0.121. The van der Waals surface area contributed by atoms with Crippen molar-refractivity contribution in [2.45, 2.75) is 26.9 Å². The highest BCUT2D eigenvalue weighted by atomic mass is 35.5. The molecule has 6 nitrogen and oxygen atoms in total. The highest BCUT2D eigenvalue weighted by Crippen LogP contribution is 2.35. The molecule has 0 radical (unpaired) electrons. The fourth-order valence-electron chi connectivity index (χ4n) is 2.55. The van der Waals surface area contributed by atoms with E-state index in [1.807, 2.05) is 32.0 Å². The number of carbonyl (C=O) groups excluding carboxylic acids is 1. The Balaban J connectivity index is 1.79. The second kappa shape index (κ2) is 7.94. The fraction of sp³-hybridized carbons (Fsp3) is 0.211. The number of aromatic nitrogens is 2. The van der Waals surface area contributed by atoms with Crippen molar-refractivity contribution in [1.29, 1.82) is 0 Å². The lowest BCUT2D eigenvalue weighted by Gasteiger charge is -2.15. The zero-order chi connectivity index (χ0) is 19.6. The first-order valence-corrected chi connectivity index (χ1v) is 9.43. The van der Waals surface area contributed by atoms with Crippen LogP contribution in [0, 0.1) is 13.8 Å². The molecule has 2 aromatic heterocycles. The van der Waals surface area contributed by atoms with Crippen LogP contribution < -0.4 is 11.1 Å². The molecule has 0 aliphatic heterocycles. The van der Waals surface area contributed by atoms with Gasteiger partial charge in [0.05, 0.1) is 33.3 Å². The smallest absolute Gasteiger partial charge is 0.412 e. The maximum absolute atomic E-state index is 12.4. The summed E-state index contributed by atoms with van der Waals surface area (Å²) in [5.41, 5.74) is 9.88. The predicted octanol–water partition coefficient (Wildman–Crippen LogP) is 5.37. The zero-order valence-electron chi connectivity index (χ0n) is 15.1. The maximum atomic E-state index is 12.4. The molecule has 1 amide bonds. The van der Waals surface area contributed by atoms with Crippen LogP contribution in [0.15, 0.2) is 36.4 Å². The Bertz CT molecular complexity index is 990. The Kier molecular flexibility index (Phi) is 5.62. The number of carbonyl (C=O) groups is 1. The van der Waals surface area contributed by atoms with Crippen molar-refractivity contribution in [2.75, 3.05) is 11.1 Å². The lowest BCUT2D eigenvalue weighted by atomic mass is 10.1. The number of hydrogen-bond donors (Lipinski definition) is 2. The van der Waals surface area contributed by atoms with E-state index in [2.05, 4.69) is 14.7 Å². The molecule has 140 valence electrons. The van der Waals surface area contributed by atoms with Gasteiger partial charge in [-0.05, 0) is 50.5 Å². The summed E-state index contributed by atoms with van der Waals surface area (Å²) in [4.78, 5) is 17.7. The molecule has 1 atom stereocenters. The number of rotatable bonds is 4. The van der Waals surface area contributed by atoms with Crippen molar-refractivity contribution >= 4 is 40.6 Å². The van der Waals surface area contributed by atoms with Crippen LogP contribution in [0.5, 0.6) is 0 Å². The number of nitrogen functional groups attached to an aromatic ring is 1. The molecule has 2 heterocycles. The largest absolute Gasteiger partial charge is 0.441 e. The van der Waals surface area contributed by atoms with E-state index in [-0.39, 0.29) is 0 Å². The number of anilines is 2. The van der Waals surface area contributed by atoms with E-state index >= 15 is 0 Å². The van der Waals surface area contributed by atoms with Crippen LogP contribution >= 0.6 is 23.1 Å². The first kappa shape index (κ1) is 19.1. The number of nitrogens with zero attached hydrogens (tertiary/aromatic N) is 2. The van der Waals surface area contributed by atoms with Crippen LogP contribution in [0.2, 0.25) is 5.02 Å². The van der Waals surface area contributed by atoms with Crippen molar-refractivity contribution in [2.24, 2.45) is 0 Å². The number of nitrogens with two attached hydrogens (primary N) is 1. The van der Waals surface area contributed by atoms with Crippen LogP contribution in [-0.4, -0.2) is 15.5 Å². The molecule has 3 rings (SSSR count). The van der Waals surface area contributed by atoms with Gasteiger partial charge in [0.2, 0.25) is 0 Å². The van der Waals surface area contributed by atoms with Crippen LogP contribution in [0.1, 0.15) is 30.0 Å². The van der Waals surface area contributed by atoms with Crippen LogP contribution in [0.25, 0.3) is 10.6 Å². The highest BCUT2D eigenvalue weighted by molar-refractivity contribution is 7.10. The Labute approximate surface area is 166 Å². The topological polar surface area (TPSA) is 90.1 Å². The molecule has 0 aliphatic carbocycles. The summed E-state index contributed by atoms with van der Waals surface area (Å²) in [6, 6.07) is 10.8. The Morgan fingerprint density at radius 1 is 1.22 bits per heavy atom. The monoisotopic (exact) mass is 402 g/mol. The number of pyridine rings is 1. The molecule has 0 saturated heterocycles. The third kappa shape index (κ3) is 4.20. The Morgan fingerprint density at radius 2 is 1.96 bits per heavy atom. The van der Waals surface area contributed by atoms with Gasteiger partial charge in [0.25, 0.3) is 0 Å². The Hall–Kier alpha value is -2.64. The predicted molar refractivity (Wildman–Crippen MR) is 109 cm³/mol. The summed E-state index contributed by atoms with van der Waals surface area (Å²) in [5.74, 6) is 0. The fourth-order valence-corrected chi connectivity index (χ4v) is 3.66. The second-order valence-electron chi connectivity index (χ2n) is 6.04. The number of benzene rings is 1. The van der Waals surface area contributed by atoms with Gasteiger partial charge < -0.3 is 10.5 Å². The summed E-state index contributed by atoms with van der Waals surface area (Å²) in [5, 5.41) is 3.33.